The number of amides is 2. The number of ketones is 2. The second kappa shape index (κ2) is 75.3. The molecule has 31 heteroatoms. The van der Waals surface area contributed by atoms with Crippen molar-refractivity contribution < 1.29 is 140 Å². The summed E-state index contributed by atoms with van der Waals surface area (Å²) >= 11 is 3.05. The molecular formula is C43H83FIKN3O17S8-. The van der Waals surface area contributed by atoms with Gasteiger partial charge in [-0.1, -0.05) is 130 Å². The zero-order valence-corrected chi connectivity index (χ0v) is 54.5. The maximum absolute atomic E-state index is 12.6. The second-order valence-corrected chi connectivity index (χ2v) is 26.0. The minimum absolute atomic E-state index is 0. The first kappa shape index (κ1) is 93.6. The zero-order valence-electron chi connectivity index (χ0n) is 43.7. The molecule has 436 valence electrons. The number of rotatable bonds is 39. The molecule has 11 N–H and O–H groups in total. The quantitative estimate of drug-likeness (QED) is 0.00553. The van der Waals surface area contributed by atoms with E-state index in [2.05, 4.69) is 54.1 Å². The van der Waals surface area contributed by atoms with Crippen LogP contribution in [0.1, 0.15) is 149 Å². The monoisotopic (exact) mass is 1360 g/mol. The van der Waals surface area contributed by atoms with Gasteiger partial charge in [0, 0.05) is 66.2 Å². The topological polar surface area (TPSA) is 372 Å². The molecule has 0 aromatic heterocycles. The van der Waals surface area contributed by atoms with Gasteiger partial charge in [-0.15, -0.1) is 11.6 Å². The fourth-order valence-electron chi connectivity index (χ4n) is 5.55. The standard InChI is InChI=1S/C36H55N2O15.3C2H6S2.CH4.FH.HIS2.K.H3NO.H2O/c39-21-11-12-24(33(46)47)22-26(40)16-19-29(36(52)53)38-31(43)20-15-25(34(48)49)23-27(41)17-18-28(35(50)51)37-30(42)13-9-7-5-3-1-2-4-6-8-10-14-32(44)45;3*1-3-4-2;;;1-3-2;;1-2;/h24-25,28-29H,1-20,22-23H2,(H,37,42)(H,38,43)(H,44,45)(H,46,47)(H,48,49)(H,50,51)(H,52,53);3*1-2H3;1H4;1H;2H;;2H,1H2;1H2/q-1;;;;;;;+1;;/p-1/t24-,25-,28+,29+;;;;;;;;;/m1........./s1/i/hT. The maximum Gasteiger partial charge on any atom is 1.00 e. The Morgan fingerprint density at radius 1 is 0.541 bits per heavy atom. The fraction of sp³-hybridized carbons (Fsp3) is 0.767. The van der Waals surface area contributed by atoms with Gasteiger partial charge in [0.25, 0.3) is 0 Å². The Morgan fingerprint density at radius 3 is 1.11 bits per heavy atom. The molecule has 0 aromatic carbocycles. The summed E-state index contributed by atoms with van der Waals surface area (Å²) in [6.07, 6.45) is 19.7. The minimum Gasteiger partial charge on any atom is -0.870 e. The summed E-state index contributed by atoms with van der Waals surface area (Å²) < 4.78 is 6.32. The first-order chi connectivity index (χ1) is 33.7. The number of hydrogen-bond acceptors (Lipinski definition) is 21. The van der Waals surface area contributed by atoms with Crippen LogP contribution in [0.5, 0.6) is 0 Å². The molecule has 2 amide bonds. The van der Waals surface area contributed by atoms with Crippen LogP contribution in [0.25, 0.3) is 0 Å². The number of carboxylic acids is 5. The molecule has 0 saturated heterocycles. The van der Waals surface area contributed by atoms with E-state index in [-0.39, 0.29) is 127 Å². The Hall–Kier alpha value is 0.276. The summed E-state index contributed by atoms with van der Waals surface area (Å²) in [5.74, 6) is -7.82. The number of carbonyl (C=O) groups is 9. The molecule has 0 aliphatic carbocycles. The van der Waals surface area contributed by atoms with Crippen molar-refractivity contribution in [2.24, 2.45) is 17.7 Å². The number of unbranched alkanes of at least 4 members (excludes halogenated alkanes) is 9. The van der Waals surface area contributed by atoms with Crippen LogP contribution >= 0.6 is 105 Å². The van der Waals surface area contributed by atoms with Crippen molar-refractivity contribution in [1.82, 2.24) is 10.6 Å². The molecule has 20 nitrogen and oxygen atoms in total. The van der Waals surface area contributed by atoms with Gasteiger partial charge >= 0.3 is 81.2 Å². The molecule has 0 saturated carbocycles. The van der Waals surface area contributed by atoms with E-state index in [1.165, 1.54) is 7.97 Å². The predicted molar refractivity (Wildman–Crippen MR) is 315 cm³/mol. The van der Waals surface area contributed by atoms with Crippen molar-refractivity contribution in [3.8, 4) is 0 Å². The molecule has 0 rings (SSSR count). The third-order valence-electron chi connectivity index (χ3n) is 9.20. The predicted octanol–water partition coefficient (Wildman–Crippen LogP) is 7.19. The first-order valence-corrected chi connectivity index (χ1v) is 34.9. The molecule has 0 unspecified atom stereocenters. The van der Waals surface area contributed by atoms with Crippen LogP contribution in [0.15, 0.2) is 0 Å². The zero-order chi connectivity index (χ0) is 55.8. The fourth-order valence-corrected chi connectivity index (χ4v) is 5.55. The maximum atomic E-state index is 12.6. The van der Waals surface area contributed by atoms with E-state index in [0.717, 1.165) is 62.9 Å². The third-order valence-corrected chi connectivity index (χ3v) is 13.2. The molecule has 0 aliphatic rings. The third kappa shape index (κ3) is 76.5. The number of Topliss-reactive ketones (excluding diaryl/α,β-unsaturated/α-hetero) is 2. The van der Waals surface area contributed by atoms with Crippen LogP contribution in [-0.4, -0.2) is 146 Å². The summed E-state index contributed by atoms with van der Waals surface area (Å²) in [6.45, 7) is 0. The summed E-state index contributed by atoms with van der Waals surface area (Å²) in [6, 6.07) is -2.89. The van der Waals surface area contributed by atoms with E-state index < -0.39 is 96.4 Å². The van der Waals surface area contributed by atoms with Gasteiger partial charge in [0.05, 0.1) is 11.8 Å². The molecule has 0 heterocycles. The summed E-state index contributed by atoms with van der Waals surface area (Å²) in [5.41, 5.74) is 0. The van der Waals surface area contributed by atoms with E-state index in [4.69, 9.17) is 11.4 Å². The van der Waals surface area contributed by atoms with Crippen molar-refractivity contribution >= 4 is 165 Å². The molecule has 74 heavy (non-hydrogen) atoms. The van der Waals surface area contributed by atoms with Crippen molar-refractivity contribution in [2.75, 3.05) is 37.5 Å². The number of halogens is 2. The number of aliphatic carboxylic acids is 5. The molecule has 0 bridgehead atoms. The van der Waals surface area contributed by atoms with Gasteiger partial charge in [-0.2, -0.15) is 6.42 Å². The number of nitrogens with one attached hydrogen (secondary N) is 2. The minimum atomic E-state index is -1.53. The van der Waals surface area contributed by atoms with Crippen molar-refractivity contribution in [3.05, 3.63) is 0 Å². The molecule has 0 aliphatic heterocycles. The van der Waals surface area contributed by atoms with Crippen LogP contribution in [0.4, 0.5) is 4.70 Å². The van der Waals surface area contributed by atoms with E-state index in [9.17, 15) is 68.4 Å². The van der Waals surface area contributed by atoms with Crippen LogP contribution < -0.4 is 67.9 Å². The Balaban J connectivity index is -0.000000207. The van der Waals surface area contributed by atoms with Crippen LogP contribution in [0.3, 0.4) is 0 Å². The van der Waals surface area contributed by atoms with E-state index in [1.54, 1.807) is 71.0 Å². The van der Waals surface area contributed by atoms with E-state index in [1.807, 2.05) is 21.2 Å². The Kier molecular flexibility index (Phi) is 95.3. The largest absolute Gasteiger partial charge is 1.00 e. The van der Waals surface area contributed by atoms with Crippen molar-refractivity contribution in [1.29, 1.82) is 1.12 Å². The van der Waals surface area contributed by atoms with Crippen LogP contribution in [0.2, 0.25) is 0 Å². The van der Waals surface area contributed by atoms with Gasteiger partial charge in [-0.05, 0) is 77.6 Å². The van der Waals surface area contributed by atoms with E-state index >= 15 is 0 Å². The SMILES string of the molecule is C.CSSC.CSSC.CSSC.F.NO.O=[C-]CC[C@H](CC(=O)CC[C@H](NC(=O)CC[C@H](CC(=O)CC[C@H](NC(=O)CCCCCCCCCCCCC(=O)O)C(=O)O)C(=O)O)C(=O)O)C(=O)O.[3H]SSI.[K+].[OH-]. The Labute approximate surface area is 526 Å². The van der Waals surface area contributed by atoms with Crippen molar-refractivity contribution in [2.45, 2.75) is 161 Å². The smallest absolute Gasteiger partial charge is 0.870 e. The van der Waals surface area contributed by atoms with Gasteiger partial charge in [0.15, 0.2) is 0 Å². The second-order valence-electron chi connectivity index (χ2n) is 14.3. The normalized spacial score (nSPS) is 11.1. The Morgan fingerprint density at radius 2 is 0.838 bits per heavy atom. The van der Waals surface area contributed by atoms with Gasteiger partial charge in [0.1, 0.15) is 24.8 Å². The molecule has 0 spiro atoms. The number of carbonyl (C=O) groups excluding carboxylic acids is 5. The van der Waals surface area contributed by atoms with Crippen LogP contribution in [0, 0.1) is 11.8 Å². The van der Waals surface area contributed by atoms with Crippen LogP contribution in [-0.2, 0) is 47.9 Å². The van der Waals surface area contributed by atoms with Gasteiger partial charge in [0.2, 0.25) is 11.8 Å². The number of nitrogens with two attached hydrogens (primary N) is 1. The van der Waals surface area contributed by atoms with Gasteiger partial charge in [-0.3, -0.25) is 44.6 Å². The molecule has 0 fully saturated rings. The summed E-state index contributed by atoms with van der Waals surface area (Å²) in [4.78, 5) is 117. The summed E-state index contributed by atoms with van der Waals surface area (Å²) in [5, 5.41) is 57.4. The first-order valence-electron chi connectivity index (χ1n) is 22.1. The number of carboxylic acid groups (broad SMARTS) is 5. The number of hydrogen-bond donors (Lipinski definition) is 10. The molecule has 0 aromatic rings. The Bertz CT molecular complexity index is 1420. The average Bonchev–Trinajstić information content (AvgIpc) is 3.34. The van der Waals surface area contributed by atoms with Gasteiger partial charge < -0.3 is 51.6 Å². The average molecular weight is 1360 g/mol. The molecule has 4 atom stereocenters. The molecule has 0 radical (unpaired) electrons. The van der Waals surface area contributed by atoms with E-state index in [0.29, 0.717) is 12.8 Å². The van der Waals surface area contributed by atoms with Gasteiger partial charge in [-0.25, -0.2) is 15.5 Å². The van der Waals surface area contributed by atoms with Crippen molar-refractivity contribution in [3.63, 3.8) is 0 Å². The summed E-state index contributed by atoms with van der Waals surface area (Å²) in [7, 11) is 12.0. The molecular weight excluding hydrogens is 1270 g/mol. The number of thiol groups is 1.